The highest BCUT2D eigenvalue weighted by Gasteiger charge is 2.05. The van der Waals surface area contributed by atoms with Crippen LogP contribution in [0.15, 0.2) is 30.6 Å². The molecule has 0 radical (unpaired) electrons. The van der Waals surface area contributed by atoms with Gasteiger partial charge in [0, 0.05) is 6.54 Å². The highest BCUT2D eigenvalue weighted by molar-refractivity contribution is 5.42. The zero-order valence-electron chi connectivity index (χ0n) is 12.0. The molecular weight excluding hydrogens is 254 g/mol. The van der Waals surface area contributed by atoms with E-state index in [4.69, 9.17) is 9.47 Å². The minimum atomic E-state index is 0.360. The topological polar surface area (TPSA) is 56.3 Å². The Morgan fingerprint density at radius 2 is 2.00 bits per heavy atom. The normalized spacial score (nSPS) is 10.2. The van der Waals surface area contributed by atoms with Gasteiger partial charge in [-0.05, 0) is 31.5 Å². The monoisotopic (exact) mass is 273 g/mol. The predicted molar refractivity (Wildman–Crippen MR) is 78.3 cm³/mol. The Bertz CT molecular complexity index is 556. The molecule has 0 bridgehead atoms. The van der Waals surface area contributed by atoms with Crippen LogP contribution in [0.25, 0.3) is 0 Å². The predicted octanol–water partition coefficient (Wildman–Crippen LogP) is 2.80. The summed E-state index contributed by atoms with van der Waals surface area (Å²) in [6.45, 7) is 5.21. The molecule has 0 amide bonds. The van der Waals surface area contributed by atoms with E-state index in [2.05, 4.69) is 15.3 Å². The highest BCUT2D eigenvalue weighted by atomic mass is 16.5. The van der Waals surface area contributed by atoms with E-state index in [-0.39, 0.29) is 0 Å². The first-order valence-corrected chi connectivity index (χ1v) is 6.55. The van der Waals surface area contributed by atoms with E-state index in [1.807, 2.05) is 32.0 Å². The molecule has 0 aliphatic carbocycles. The number of benzene rings is 1. The van der Waals surface area contributed by atoms with Crippen molar-refractivity contribution in [2.24, 2.45) is 0 Å². The molecule has 1 aromatic heterocycles. The number of nitrogens with zero attached hydrogens (tertiary/aromatic N) is 2. The molecule has 0 aliphatic rings. The average molecular weight is 273 g/mol. The van der Waals surface area contributed by atoms with Crippen LogP contribution >= 0.6 is 0 Å². The van der Waals surface area contributed by atoms with Crippen LogP contribution in [-0.4, -0.2) is 23.6 Å². The molecule has 106 valence electrons. The van der Waals surface area contributed by atoms with Crippen LogP contribution in [0.3, 0.4) is 0 Å². The fourth-order valence-corrected chi connectivity index (χ4v) is 1.75. The van der Waals surface area contributed by atoms with E-state index < -0.39 is 0 Å². The molecule has 1 N–H and O–H groups in total. The van der Waals surface area contributed by atoms with Crippen LogP contribution < -0.4 is 14.8 Å². The molecule has 20 heavy (non-hydrogen) atoms. The van der Waals surface area contributed by atoms with E-state index in [9.17, 15) is 0 Å². The summed E-state index contributed by atoms with van der Waals surface area (Å²) in [6.07, 6.45) is 3.41. The second kappa shape index (κ2) is 6.75. The quantitative estimate of drug-likeness (QED) is 0.877. The third-order valence-electron chi connectivity index (χ3n) is 2.76. The van der Waals surface area contributed by atoms with Crippen molar-refractivity contribution < 1.29 is 9.47 Å². The van der Waals surface area contributed by atoms with Gasteiger partial charge in [0.1, 0.15) is 12.4 Å². The van der Waals surface area contributed by atoms with E-state index in [1.54, 1.807) is 19.5 Å². The van der Waals surface area contributed by atoms with Gasteiger partial charge in [0.25, 0.3) is 0 Å². The molecule has 5 heteroatoms. The standard InChI is InChI=1S/C15H19N3O2/c1-4-16-15-9-17-12(8-18-15)10-20-13-6-5-11(2)7-14(13)19-3/h5-9H,4,10H2,1-3H3,(H,16,18). The summed E-state index contributed by atoms with van der Waals surface area (Å²) in [5.74, 6) is 2.20. The Hall–Kier alpha value is -2.30. The molecule has 2 aromatic rings. The number of aromatic nitrogens is 2. The minimum absolute atomic E-state index is 0.360. The van der Waals surface area contributed by atoms with Gasteiger partial charge in [-0.15, -0.1) is 0 Å². The molecule has 0 saturated carbocycles. The third kappa shape index (κ3) is 3.60. The van der Waals surface area contributed by atoms with Crippen molar-refractivity contribution in [3.05, 3.63) is 41.9 Å². The first-order chi connectivity index (χ1) is 9.72. The molecule has 0 spiro atoms. The van der Waals surface area contributed by atoms with Gasteiger partial charge in [-0.25, -0.2) is 4.98 Å². The van der Waals surface area contributed by atoms with Crippen molar-refractivity contribution >= 4 is 5.82 Å². The lowest BCUT2D eigenvalue weighted by atomic mass is 10.2. The second-order valence-electron chi connectivity index (χ2n) is 4.37. The second-order valence-corrected chi connectivity index (χ2v) is 4.37. The van der Waals surface area contributed by atoms with Crippen molar-refractivity contribution in [2.45, 2.75) is 20.5 Å². The number of ether oxygens (including phenoxy) is 2. The van der Waals surface area contributed by atoms with Gasteiger partial charge in [-0.1, -0.05) is 6.07 Å². The van der Waals surface area contributed by atoms with E-state index in [0.717, 1.165) is 29.4 Å². The van der Waals surface area contributed by atoms with E-state index in [0.29, 0.717) is 12.4 Å². The van der Waals surface area contributed by atoms with Crippen molar-refractivity contribution in [3.8, 4) is 11.5 Å². The van der Waals surface area contributed by atoms with E-state index >= 15 is 0 Å². The summed E-state index contributed by atoms with van der Waals surface area (Å²) in [5, 5.41) is 3.10. The lowest BCUT2D eigenvalue weighted by Crippen LogP contribution is -2.04. The van der Waals surface area contributed by atoms with Crippen molar-refractivity contribution in [2.75, 3.05) is 19.0 Å². The van der Waals surface area contributed by atoms with Crippen LogP contribution in [-0.2, 0) is 6.61 Å². The minimum Gasteiger partial charge on any atom is -0.493 e. The third-order valence-corrected chi connectivity index (χ3v) is 2.76. The molecule has 0 atom stereocenters. The van der Waals surface area contributed by atoms with Crippen molar-refractivity contribution in [1.82, 2.24) is 9.97 Å². The Morgan fingerprint density at radius 3 is 2.65 bits per heavy atom. The first kappa shape index (κ1) is 14.1. The SMILES string of the molecule is CCNc1cnc(COc2ccc(C)cc2OC)cn1. The number of hydrogen-bond acceptors (Lipinski definition) is 5. The van der Waals surface area contributed by atoms with Crippen LogP contribution in [0.4, 0.5) is 5.82 Å². The summed E-state index contributed by atoms with van der Waals surface area (Å²) < 4.78 is 11.0. The maximum Gasteiger partial charge on any atom is 0.161 e. The van der Waals surface area contributed by atoms with E-state index in [1.165, 1.54) is 0 Å². The van der Waals surface area contributed by atoms with Gasteiger partial charge in [0.2, 0.25) is 0 Å². The molecule has 5 nitrogen and oxygen atoms in total. The van der Waals surface area contributed by atoms with Gasteiger partial charge in [0.15, 0.2) is 11.5 Å². The van der Waals surface area contributed by atoms with Crippen LogP contribution in [0, 0.1) is 6.92 Å². The van der Waals surface area contributed by atoms with Crippen molar-refractivity contribution in [1.29, 1.82) is 0 Å². The number of aryl methyl sites for hydroxylation is 1. The number of hydrogen-bond donors (Lipinski definition) is 1. The average Bonchev–Trinajstić information content (AvgIpc) is 2.47. The van der Waals surface area contributed by atoms with Gasteiger partial charge in [-0.3, -0.25) is 4.98 Å². The highest BCUT2D eigenvalue weighted by Crippen LogP contribution is 2.28. The smallest absolute Gasteiger partial charge is 0.161 e. The Morgan fingerprint density at radius 1 is 1.15 bits per heavy atom. The van der Waals surface area contributed by atoms with Gasteiger partial charge < -0.3 is 14.8 Å². The lowest BCUT2D eigenvalue weighted by molar-refractivity contribution is 0.280. The lowest BCUT2D eigenvalue weighted by Gasteiger charge is -2.11. The van der Waals surface area contributed by atoms with Crippen LogP contribution in [0.2, 0.25) is 0 Å². The molecule has 1 aromatic carbocycles. The fraction of sp³-hybridized carbons (Fsp3) is 0.333. The zero-order valence-corrected chi connectivity index (χ0v) is 12.0. The zero-order chi connectivity index (χ0) is 14.4. The summed E-state index contributed by atoms with van der Waals surface area (Å²) >= 11 is 0. The maximum absolute atomic E-state index is 5.72. The molecule has 0 saturated heterocycles. The van der Waals surface area contributed by atoms with Crippen LogP contribution in [0.1, 0.15) is 18.2 Å². The largest absolute Gasteiger partial charge is 0.493 e. The summed E-state index contributed by atoms with van der Waals surface area (Å²) in [4.78, 5) is 8.55. The molecule has 2 rings (SSSR count). The van der Waals surface area contributed by atoms with Gasteiger partial charge >= 0.3 is 0 Å². The summed E-state index contributed by atoms with van der Waals surface area (Å²) in [7, 11) is 1.63. The summed E-state index contributed by atoms with van der Waals surface area (Å²) in [5.41, 5.74) is 1.90. The molecule has 1 heterocycles. The Balaban J connectivity index is 2.01. The molecule has 0 unspecified atom stereocenters. The number of nitrogens with one attached hydrogen (secondary N) is 1. The number of rotatable bonds is 6. The maximum atomic E-state index is 5.72. The molecular formula is C15H19N3O2. The Labute approximate surface area is 119 Å². The Kier molecular flexibility index (Phi) is 4.76. The number of anilines is 1. The molecule has 0 fully saturated rings. The van der Waals surface area contributed by atoms with Crippen LogP contribution in [0.5, 0.6) is 11.5 Å². The fourth-order valence-electron chi connectivity index (χ4n) is 1.75. The molecule has 0 aliphatic heterocycles. The number of methoxy groups -OCH3 is 1. The van der Waals surface area contributed by atoms with Crippen molar-refractivity contribution in [3.63, 3.8) is 0 Å². The van der Waals surface area contributed by atoms with Gasteiger partial charge in [-0.2, -0.15) is 0 Å². The first-order valence-electron chi connectivity index (χ1n) is 6.55. The summed E-state index contributed by atoms with van der Waals surface area (Å²) in [6, 6.07) is 5.82. The van der Waals surface area contributed by atoms with Gasteiger partial charge in [0.05, 0.1) is 25.2 Å².